The zero-order valence-electron chi connectivity index (χ0n) is 7.14. The van der Waals surface area contributed by atoms with Crippen LogP contribution in [0.5, 0.6) is 0 Å². The van der Waals surface area contributed by atoms with Gasteiger partial charge in [0.2, 0.25) is 0 Å². The molecule has 0 aliphatic carbocycles. The molecule has 1 aromatic rings. The molecule has 3 unspecified atom stereocenters. The van der Waals surface area contributed by atoms with Crippen molar-refractivity contribution in [1.82, 2.24) is 10.9 Å². The first-order valence-electron chi connectivity index (χ1n) is 4.28. The number of thiol groups is 1. The van der Waals surface area contributed by atoms with Gasteiger partial charge in [-0.1, -0.05) is 30.3 Å². The Morgan fingerprint density at radius 3 is 2.38 bits per heavy atom. The number of hydrogen-bond acceptors (Lipinski definition) is 4. The summed E-state index contributed by atoms with van der Waals surface area (Å²) < 4.78 is 0. The van der Waals surface area contributed by atoms with Gasteiger partial charge in [0.25, 0.3) is 0 Å². The van der Waals surface area contributed by atoms with E-state index in [1.54, 1.807) is 0 Å². The lowest BCUT2D eigenvalue weighted by molar-refractivity contribution is 0.552. The summed E-state index contributed by atoms with van der Waals surface area (Å²) in [5.74, 6) is 0. The van der Waals surface area contributed by atoms with Gasteiger partial charge in [-0.2, -0.15) is 12.6 Å². The van der Waals surface area contributed by atoms with Crippen molar-refractivity contribution in [3.63, 3.8) is 0 Å². The van der Waals surface area contributed by atoms with Gasteiger partial charge in [-0.25, -0.2) is 10.9 Å². The molecule has 4 heteroatoms. The van der Waals surface area contributed by atoms with Gasteiger partial charge in [0.15, 0.2) is 0 Å². The van der Waals surface area contributed by atoms with E-state index in [-0.39, 0.29) is 17.5 Å². The number of nitrogens with two attached hydrogens (primary N) is 1. The lowest BCUT2D eigenvalue weighted by Crippen LogP contribution is -2.39. The summed E-state index contributed by atoms with van der Waals surface area (Å²) in [5, 5.41) is 0.113. The summed E-state index contributed by atoms with van der Waals surface area (Å²) in [6.07, 6.45) is -0.0893. The van der Waals surface area contributed by atoms with Gasteiger partial charge in [-0.3, -0.25) is 0 Å². The van der Waals surface area contributed by atoms with Crippen LogP contribution in [0.15, 0.2) is 30.3 Å². The second-order valence-corrected chi connectivity index (χ2v) is 3.79. The Kier molecular flexibility index (Phi) is 2.55. The van der Waals surface area contributed by atoms with Crippen LogP contribution >= 0.6 is 12.6 Å². The second-order valence-electron chi connectivity index (χ2n) is 3.19. The molecule has 3 atom stereocenters. The number of hydrogen-bond donors (Lipinski definition) is 4. The maximum atomic E-state index is 5.76. The number of rotatable bonds is 1. The minimum Gasteiger partial charge on any atom is -0.314 e. The summed E-state index contributed by atoms with van der Waals surface area (Å²) in [6.45, 7) is 0. The number of hydrazine groups is 1. The fourth-order valence-electron chi connectivity index (χ4n) is 1.50. The minimum absolute atomic E-state index is 0.0893. The molecule has 0 spiro atoms. The molecule has 0 radical (unpaired) electrons. The second kappa shape index (κ2) is 3.67. The SMILES string of the molecule is NC1NNC(c2ccccc2)C1S. The monoisotopic (exact) mass is 195 g/mol. The van der Waals surface area contributed by atoms with E-state index >= 15 is 0 Å². The maximum Gasteiger partial charge on any atom is 0.0816 e. The van der Waals surface area contributed by atoms with Crippen LogP contribution in [0.4, 0.5) is 0 Å². The van der Waals surface area contributed by atoms with Gasteiger partial charge in [0.1, 0.15) is 0 Å². The molecule has 13 heavy (non-hydrogen) atoms. The molecule has 0 saturated carbocycles. The Labute approximate surface area is 83.1 Å². The zero-order chi connectivity index (χ0) is 9.26. The topological polar surface area (TPSA) is 50.1 Å². The van der Waals surface area contributed by atoms with Crippen molar-refractivity contribution < 1.29 is 0 Å². The predicted molar refractivity (Wildman–Crippen MR) is 56.2 cm³/mol. The third kappa shape index (κ3) is 1.71. The predicted octanol–water partition coefficient (Wildman–Crippen LogP) is 0.419. The van der Waals surface area contributed by atoms with Crippen LogP contribution in [-0.2, 0) is 0 Å². The highest BCUT2D eigenvalue weighted by Crippen LogP contribution is 2.24. The molecule has 1 aliphatic rings. The van der Waals surface area contributed by atoms with Crippen molar-refractivity contribution in [2.75, 3.05) is 0 Å². The van der Waals surface area contributed by atoms with E-state index in [1.807, 2.05) is 18.2 Å². The Bertz CT molecular complexity index is 277. The number of nitrogens with one attached hydrogen (secondary N) is 2. The van der Waals surface area contributed by atoms with Crippen molar-refractivity contribution in [1.29, 1.82) is 0 Å². The highest BCUT2D eigenvalue weighted by atomic mass is 32.1. The standard InChI is InChI=1S/C9H13N3S/c10-9-8(13)7(11-12-9)6-4-2-1-3-5-6/h1-5,7-9,11-13H,10H2. The smallest absolute Gasteiger partial charge is 0.0816 e. The average Bonchev–Trinajstić information content (AvgIpc) is 2.49. The van der Waals surface area contributed by atoms with E-state index in [9.17, 15) is 0 Å². The lowest BCUT2D eigenvalue weighted by Gasteiger charge is -2.15. The molecule has 0 amide bonds. The highest BCUT2D eigenvalue weighted by Gasteiger charge is 2.31. The van der Waals surface area contributed by atoms with Crippen molar-refractivity contribution in [2.45, 2.75) is 17.5 Å². The van der Waals surface area contributed by atoms with Gasteiger partial charge in [0, 0.05) is 0 Å². The molecule has 1 fully saturated rings. The van der Waals surface area contributed by atoms with Crippen LogP contribution in [0.3, 0.4) is 0 Å². The quantitative estimate of drug-likeness (QED) is 0.491. The van der Waals surface area contributed by atoms with E-state index in [0.29, 0.717) is 0 Å². The van der Waals surface area contributed by atoms with Gasteiger partial charge in [-0.05, 0) is 5.56 Å². The van der Waals surface area contributed by atoms with Crippen molar-refractivity contribution in [3.8, 4) is 0 Å². The fraction of sp³-hybridized carbons (Fsp3) is 0.333. The van der Waals surface area contributed by atoms with E-state index in [2.05, 4.69) is 35.6 Å². The molecule has 0 bridgehead atoms. The van der Waals surface area contributed by atoms with Gasteiger partial charge in [0.05, 0.1) is 17.5 Å². The summed E-state index contributed by atoms with van der Waals surface area (Å²) >= 11 is 4.44. The molecule has 3 nitrogen and oxygen atoms in total. The largest absolute Gasteiger partial charge is 0.314 e. The molecular formula is C9H13N3S. The highest BCUT2D eigenvalue weighted by molar-refractivity contribution is 7.81. The van der Waals surface area contributed by atoms with Crippen LogP contribution in [0.1, 0.15) is 11.6 Å². The third-order valence-corrected chi connectivity index (χ3v) is 2.89. The Morgan fingerprint density at radius 1 is 1.15 bits per heavy atom. The molecule has 0 aromatic heterocycles. The third-order valence-electron chi connectivity index (χ3n) is 2.27. The van der Waals surface area contributed by atoms with Crippen LogP contribution < -0.4 is 16.6 Å². The molecular weight excluding hydrogens is 182 g/mol. The van der Waals surface area contributed by atoms with Crippen LogP contribution in [0.25, 0.3) is 0 Å². The summed E-state index contributed by atoms with van der Waals surface area (Å²) in [5.41, 5.74) is 13.1. The van der Waals surface area contributed by atoms with Crippen molar-refractivity contribution in [2.24, 2.45) is 5.73 Å². The van der Waals surface area contributed by atoms with Gasteiger partial charge >= 0.3 is 0 Å². The molecule has 70 valence electrons. The average molecular weight is 195 g/mol. The summed E-state index contributed by atoms with van der Waals surface area (Å²) in [6, 6.07) is 10.4. The van der Waals surface area contributed by atoms with Crippen LogP contribution in [0.2, 0.25) is 0 Å². The first kappa shape index (κ1) is 9.02. The normalized spacial score (nSPS) is 33.5. The van der Waals surface area contributed by atoms with Crippen molar-refractivity contribution in [3.05, 3.63) is 35.9 Å². The van der Waals surface area contributed by atoms with Crippen LogP contribution in [0, 0.1) is 0 Å². The molecule has 1 aromatic carbocycles. The summed E-state index contributed by atoms with van der Waals surface area (Å²) in [4.78, 5) is 0. The maximum absolute atomic E-state index is 5.76. The first-order valence-corrected chi connectivity index (χ1v) is 4.80. The Morgan fingerprint density at radius 2 is 1.85 bits per heavy atom. The molecule has 1 heterocycles. The summed E-state index contributed by atoms with van der Waals surface area (Å²) in [7, 11) is 0. The van der Waals surface area contributed by atoms with E-state index in [1.165, 1.54) is 5.56 Å². The molecule has 1 aliphatic heterocycles. The Hall–Kier alpha value is -0.550. The van der Waals surface area contributed by atoms with E-state index in [4.69, 9.17) is 5.73 Å². The Balaban J connectivity index is 2.19. The number of benzene rings is 1. The van der Waals surface area contributed by atoms with Crippen LogP contribution in [-0.4, -0.2) is 11.4 Å². The van der Waals surface area contributed by atoms with E-state index in [0.717, 1.165) is 0 Å². The van der Waals surface area contributed by atoms with Gasteiger partial charge < -0.3 is 5.73 Å². The molecule has 1 saturated heterocycles. The fourth-order valence-corrected chi connectivity index (χ4v) is 1.83. The van der Waals surface area contributed by atoms with Gasteiger partial charge in [-0.15, -0.1) is 0 Å². The minimum atomic E-state index is -0.0893. The van der Waals surface area contributed by atoms with E-state index < -0.39 is 0 Å². The van der Waals surface area contributed by atoms with Crippen molar-refractivity contribution >= 4 is 12.6 Å². The zero-order valence-corrected chi connectivity index (χ0v) is 8.04. The molecule has 4 N–H and O–H groups in total. The lowest BCUT2D eigenvalue weighted by atomic mass is 10.0. The first-order chi connectivity index (χ1) is 6.29. The molecule has 2 rings (SSSR count).